The highest BCUT2D eigenvalue weighted by Gasteiger charge is 2.43. The fourth-order valence-corrected chi connectivity index (χ4v) is 4.89. The Kier molecular flexibility index (Phi) is 5.77. The lowest BCUT2D eigenvalue weighted by Crippen LogP contribution is -2.49. The number of benzene rings is 2. The lowest BCUT2D eigenvalue weighted by atomic mass is 9.77. The van der Waals surface area contributed by atoms with Gasteiger partial charge in [0, 0.05) is 32.7 Å². The number of ether oxygens (including phenoxy) is 1. The number of rotatable bonds is 4. The third kappa shape index (κ3) is 4.19. The number of phenolic OH excluding ortho intramolecular Hbond substituents is 1. The summed E-state index contributed by atoms with van der Waals surface area (Å²) in [4.78, 5) is 26.5. The van der Waals surface area contributed by atoms with Crippen LogP contribution in [0.3, 0.4) is 0 Å². The number of carbonyl (C=O) groups excluding carboxylic acids is 2. The molecule has 4 rings (SSSR count). The van der Waals surface area contributed by atoms with Crippen LogP contribution in [0.25, 0.3) is 11.1 Å². The van der Waals surface area contributed by atoms with Crippen molar-refractivity contribution in [3.63, 3.8) is 0 Å². The maximum atomic E-state index is 13.1. The van der Waals surface area contributed by atoms with Crippen LogP contribution in [0.5, 0.6) is 5.75 Å². The average Bonchev–Trinajstić information content (AvgIpc) is 3.15. The van der Waals surface area contributed by atoms with E-state index >= 15 is 0 Å². The van der Waals surface area contributed by atoms with Crippen LogP contribution < -0.4 is 5.32 Å². The van der Waals surface area contributed by atoms with E-state index in [0.29, 0.717) is 17.4 Å². The van der Waals surface area contributed by atoms with Gasteiger partial charge >= 0.3 is 0 Å². The van der Waals surface area contributed by atoms with Crippen LogP contribution >= 0.6 is 0 Å². The predicted octanol–water partition coefficient (Wildman–Crippen LogP) is 3.06. The molecule has 1 aliphatic heterocycles. The maximum absolute atomic E-state index is 13.1. The topological polar surface area (TPSA) is 78.9 Å². The third-order valence-corrected chi connectivity index (χ3v) is 6.43. The van der Waals surface area contributed by atoms with Gasteiger partial charge in [0.25, 0.3) is 5.91 Å². The second kappa shape index (κ2) is 8.48. The third-order valence-electron chi connectivity index (χ3n) is 6.43. The zero-order valence-electron chi connectivity index (χ0n) is 17.4. The molecular weight excluding hydrogens is 380 g/mol. The molecule has 4 atom stereocenters. The molecule has 0 radical (unpaired) electrons. The molecule has 0 aromatic heterocycles. The number of nitrogens with one attached hydrogen (secondary N) is 1. The number of amides is 2. The van der Waals surface area contributed by atoms with Gasteiger partial charge in [-0.1, -0.05) is 24.3 Å². The fourth-order valence-electron chi connectivity index (χ4n) is 4.89. The van der Waals surface area contributed by atoms with Gasteiger partial charge in [-0.05, 0) is 60.1 Å². The van der Waals surface area contributed by atoms with E-state index in [4.69, 9.17) is 4.74 Å². The van der Waals surface area contributed by atoms with Crippen LogP contribution in [0.2, 0.25) is 0 Å². The van der Waals surface area contributed by atoms with Gasteiger partial charge in [0.2, 0.25) is 5.91 Å². The molecule has 2 fully saturated rings. The number of hydrogen-bond donors (Lipinski definition) is 2. The summed E-state index contributed by atoms with van der Waals surface area (Å²) >= 11 is 0. The van der Waals surface area contributed by atoms with Crippen molar-refractivity contribution in [2.75, 3.05) is 20.2 Å². The number of hydrogen-bond acceptors (Lipinski definition) is 4. The minimum atomic E-state index is -0.0415. The lowest BCUT2D eigenvalue weighted by molar-refractivity contribution is -0.121. The van der Waals surface area contributed by atoms with Gasteiger partial charge in [0.05, 0.1) is 12.1 Å². The van der Waals surface area contributed by atoms with Gasteiger partial charge in [0.1, 0.15) is 5.75 Å². The van der Waals surface area contributed by atoms with Crippen molar-refractivity contribution in [2.45, 2.75) is 31.9 Å². The molecule has 6 heteroatoms. The molecule has 2 aromatic carbocycles. The largest absolute Gasteiger partial charge is 0.508 e. The molecule has 1 saturated heterocycles. The Morgan fingerprint density at radius 1 is 0.967 bits per heavy atom. The molecule has 1 aliphatic carbocycles. The Bertz CT molecular complexity index is 910. The molecule has 2 N–H and O–H groups in total. The Balaban J connectivity index is 1.43. The molecule has 30 heavy (non-hydrogen) atoms. The summed E-state index contributed by atoms with van der Waals surface area (Å²) < 4.78 is 5.62. The zero-order valence-corrected chi connectivity index (χ0v) is 17.4. The summed E-state index contributed by atoms with van der Waals surface area (Å²) in [7, 11) is 1.69. The highest BCUT2D eigenvalue weighted by atomic mass is 16.5. The van der Waals surface area contributed by atoms with Crippen molar-refractivity contribution in [3.8, 4) is 16.9 Å². The number of methoxy groups -OCH3 is 1. The van der Waals surface area contributed by atoms with E-state index in [9.17, 15) is 14.7 Å². The van der Waals surface area contributed by atoms with Gasteiger partial charge < -0.3 is 20.1 Å². The molecule has 0 unspecified atom stereocenters. The number of fused-ring (bicyclic) bond motifs is 1. The van der Waals surface area contributed by atoms with Crippen LogP contribution in [-0.2, 0) is 9.53 Å². The maximum Gasteiger partial charge on any atom is 0.253 e. The molecule has 6 nitrogen and oxygen atoms in total. The quantitative estimate of drug-likeness (QED) is 0.815. The second-order valence-corrected chi connectivity index (χ2v) is 8.41. The summed E-state index contributed by atoms with van der Waals surface area (Å²) in [5, 5.41) is 12.5. The standard InChI is InChI=1S/C24H28N2O4/c1-15(27)25-22-11-19-13-26(14-20(19)12-23(22)30-2)24(29)18-5-3-16(4-6-18)17-7-9-21(28)10-8-17/h3-10,19-20,22-23,28H,11-14H2,1-2H3,(H,25,27)/t19-,20+,22-,23-/m1/s1. The number of likely N-dealkylation sites (tertiary alicyclic amines) is 1. The molecule has 0 spiro atoms. The van der Waals surface area contributed by atoms with Crippen molar-refractivity contribution < 1.29 is 19.4 Å². The molecule has 158 valence electrons. The highest BCUT2D eigenvalue weighted by Crippen LogP contribution is 2.38. The summed E-state index contributed by atoms with van der Waals surface area (Å²) in [5.74, 6) is 1.03. The average molecular weight is 408 g/mol. The number of aromatic hydroxyl groups is 1. The van der Waals surface area contributed by atoms with Crippen LogP contribution in [-0.4, -0.2) is 54.2 Å². The van der Waals surface area contributed by atoms with E-state index in [1.54, 1.807) is 19.2 Å². The molecule has 1 saturated carbocycles. The van der Waals surface area contributed by atoms with E-state index in [2.05, 4.69) is 5.32 Å². The van der Waals surface area contributed by atoms with Crippen LogP contribution in [0.1, 0.15) is 30.1 Å². The fraction of sp³-hybridized carbons (Fsp3) is 0.417. The Morgan fingerprint density at radius 3 is 2.10 bits per heavy atom. The zero-order chi connectivity index (χ0) is 21.3. The van der Waals surface area contributed by atoms with Crippen molar-refractivity contribution in [1.82, 2.24) is 10.2 Å². The van der Waals surface area contributed by atoms with Crippen LogP contribution in [0.4, 0.5) is 0 Å². The van der Waals surface area contributed by atoms with Crippen molar-refractivity contribution >= 4 is 11.8 Å². The minimum Gasteiger partial charge on any atom is -0.508 e. The van der Waals surface area contributed by atoms with Crippen LogP contribution in [0.15, 0.2) is 48.5 Å². The molecule has 0 bridgehead atoms. The van der Waals surface area contributed by atoms with Gasteiger partial charge in [-0.15, -0.1) is 0 Å². The molecule has 1 heterocycles. The summed E-state index contributed by atoms with van der Waals surface area (Å²) in [6, 6.07) is 14.6. The Hall–Kier alpha value is -2.86. The normalized spacial score (nSPS) is 25.6. The molecule has 2 amide bonds. The first kappa shape index (κ1) is 20.4. The van der Waals surface area contributed by atoms with Crippen molar-refractivity contribution in [3.05, 3.63) is 54.1 Å². The van der Waals surface area contributed by atoms with Gasteiger partial charge in [-0.3, -0.25) is 9.59 Å². The van der Waals surface area contributed by atoms with E-state index in [1.165, 1.54) is 6.92 Å². The second-order valence-electron chi connectivity index (χ2n) is 8.41. The summed E-state index contributed by atoms with van der Waals surface area (Å²) in [6.07, 6.45) is 1.69. The summed E-state index contributed by atoms with van der Waals surface area (Å²) in [5.41, 5.74) is 2.68. The number of phenols is 1. The molecule has 2 aromatic rings. The smallest absolute Gasteiger partial charge is 0.253 e. The first-order chi connectivity index (χ1) is 14.4. The number of carbonyl (C=O) groups is 2. The molecule has 2 aliphatic rings. The van der Waals surface area contributed by atoms with Crippen molar-refractivity contribution in [1.29, 1.82) is 0 Å². The van der Waals surface area contributed by atoms with Crippen LogP contribution in [0, 0.1) is 11.8 Å². The van der Waals surface area contributed by atoms with E-state index in [0.717, 1.165) is 37.1 Å². The Labute approximate surface area is 176 Å². The lowest BCUT2D eigenvalue weighted by Gasteiger charge is -2.37. The Morgan fingerprint density at radius 2 is 1.53 bits per heavy atom. The summed E-state index contributed by atoms with van der Waals surface area (Å²) in [6.45, 7) is 2.98. The van der Waals surface area contributed by atoms with E-state index in [-0.39, 0.29) is 29.7 Å². The van der Waals surface area contributed by atoms with Gasteiger partial charge in [0.15, 0.2) is 0 Å². The first-order valence-electron chi connectivity index (χ1n) is 10.4. The predicted molar refractivity (Wildman–Crippen MR) is 114 cm³/mol. The monoisotopic (exact) mass is 408 g/mol. The SMILES string of the molecule is CO[C@@H]1C[C@H]2CN(C(=O)c3ccc(-c4ccc(O)cc4)cc3)C[C@H]2C[C@H]1NC(C)=O. The highest BCUT2D eigenvalue weighted by molar-refractivity contribution is 5.95. The van der Waals surface area contributed by atoms with E-state index < -0.39 is 0 Å². The molecular formula is C24H28N2O4. The first-order valence-corrected chi connectivity index (χ1v) is 10.4. The minimum absolute atomic E-state index is 0.00482. The van der Waals surface area contributed by atoms with E-state index in [1.807, 2.05) is 41.3 Å². The van der Waals surface area contributed by atoms with Crippen molar-refractivity contribution in [2.24, 2.45) is 11.8 Å². The number of nitrogens with zero attached hydrogens (tertiary/aromatic N) is 1. The van der Waals surface area contributed by atoms with Gasteiger partial charge in [-0.2, -0.15) is 0 Å². The van der Waals surface area contributed by atoms with Gasteiger partial charge in [-0.25, -0.2) is 0 Å².